The number of carbonyl (C=O) groups excluding carboxylic acids is 1. The second kappa shape index (κ2) is 6.85. The van der Waals surface area contributed by atoms with Gasteiger partial charge in [-0.15, -0.1) is 0 Å². The molecular formula is C22H25NO5S. The van der Waals surface area contributed by atoms with Crippen LogP contribution in [0, 0.1) is 6.92 Å². The van der Waals surface area contributed by atoms with Gasteiger partial charge in [0.25, 0.3) is 0 Å². The molecule has 2 aromatic rings. The molecule has 0 bridgehead atoms. The number of hydrogen-bond acceptors (Lipinski definition) is 5. The van der Waals surface area contributed by atoms with Gasteiger partial charge in [-0.05, 0) is 57.0 Å². The molecule has 2 atom stereocenters. The summed E-state index contributed by atoms with van der Waals surface area (Å²) in [4.78, 5) is 14.5. The first-order chi connectivity index (χ1) is 13.6. The van der Waals surface area contributed by atoms with Crippen molar-refractivity contribution >= 4 is 15.7 Å². The highest BCUT2D eigenvalue weighted by Gasteiger charge is 2.47. The van der Waals surface area contributed by atoms with Crippen molar-refractivity contribution in [1.82, 2.24) is 4.90 Å². The largest absolute Gasteiger partial charge is 0.485 e. The summed E-state index contributed by atoms with van der Waals surface area (Å²) in [6.07, 6.45) is 0.175. The number of likely N-dealkylation sites (tertiary alicyclic amines) is 1. The number of aryl methyl sites for hydroxylation is 1. The van der Waals surface area contributed by atoms with E-state index >= 15 is 0 Å². The molecule has 2 aliphatic heterocycles. The van der Waals surface area contributed by atoms with Crippen molar-refractivity contribution in [2.24, 2.45) is 0 Å². The van der Waals surface area contributed by atoms with Crippen LogP contribution in [0.1, 0.15) is 43.9 Å². The zero-order valence-electron chi connectivity index (χ0n) is 16.8. The van der Waals surface area contributed by atoms with E-state index < -0.39 is 27.6 Å². The molecule has 2 heterocycles. The summed E-state index contributed by atoms with van der Waals surface area (Å²) in [6.45, 7) is 5.83. The minimum Gasteiger partial charge on any atom is -0.485 e. The summed E-state index contributed by atoms with van der Waals surface area (Å²) in [5.74, 6) is 0.457. The van der Waals surface area contributed by atoms with E-state index in [9.17, 15) is 18.3 Å². The Kier molecular flexibility index (Phi) is 4.70. The molecule has 4 rings (SSSR count). The lowest BCUT2D eigenvalue weighted by atomic mass is 9.85. The van der Waals surface area contributed by atoms with Gasteiger partial charge in [-0.2, -0.15) is 0 Å². The number of fused-ring (bicyclic) bond motifs is 1. The lowest BCUT2D eigenvalue weighted by Gasteiger charge is -2.45. The number of nitrogens with zero attached hydrogens (tertiary/aromatic N) is 1. The van der Waals surface area contributed by atoms with Crippen molar-refractivity contribution < 1.29 is 23.1 Å². The number of carbonyl (C=O) groups is 1. The highest BCUT2D eigenvalue weighted by Crippen LogP contribution is 2.45. The molecule has 1 fully saturated rings. The number of amides is 1. The first-order valence-corrected chi connectivity index (χ1v) is 11.2. The van der Waals surface area contributed by atoms with Crippen LogP contribution >= 0.6 is 0 Å². The topological polar surface area (TPSA) is 83.9 Å². The highest BCUT2D eigenvalue weighted by atomic mass is 32.2. The van der Waals surface area contributed by atoms with Gasteiger partial charge in [-0.1, -0.05) is 18.2 Å². The molecule has 154 valence electrons. The fourth-order valence-corrected chi connectivity index (χ4v) is 5.73. The average Bonchev–Trinajstić information content (AvgIpc) is 3.08. The van der Waals surface area contributed by atoms with E-state index in [4.69, 9.17) is 4.74 Å². The number of benzene rings is 2. The fourth-order valence-electron chi connectivity index (χ4n) is 4.20. The molecule has 7 heteroatoms. The summed E-state index contributed by atoms with van der Waals surface area (Å²) < 4.78 is 32.5. The van der Waals surface area contributed by atoms with Crippen LogP contribution in [-0.4, -0.2) is 42.6 Å². The van der Waals surface area contributed by atoms with E-state index in [2.05, 4.69) is 0 Å². The van der Waals surface area contributed by atoms with Crippen molar-refractivity contribution in [1.29, 1.82) is 0 Å². The van der Waals surface area contributed by atoms with Gasteiger partial charge in [-0.25, -0.2) is 8.42 Å². The molecule has 1 N–H and O–H groups in total. The molecule has 0 spiro atoms. The summed E-state index contributed by atoms with van der Waals surface area (Å²) in [5, 5.41) is 11.0. The van der Waals surface area contributed by atoms with Gasteiger partial charge >= 0.3 is 0 Å². The predicted molar refractivity (Wildman–Crippen MR) is 107 cm³/mol. The van der Waals surface area contributed by atoms with Crippen molar-refractivity contribution in [3.63, 3.8) is 0 Å². The van der Waals surface area contributed by atoms with Crippen molar-refractivity contribution in [2.45, 2.75) is 61.2 Å². The van der Waals surface area contributed by atoms with Crippen molar-refractivity contribution in [2.75, 3.05) is 6.54 Å². The van der Waals surface area contributed by atoms with Gasteiger partial charge in [0.2, 0.25) is 15.7 Å². The summed E-state index contributed by atoms with van der Waals surface area (Å²) in [7, 11) is -3.75. The minimum absolute atomic E-state index is 0.0372. The lowest BCUT2D eigenvalue weighted by Crippen LogP contribution is -2.53. The van der Waals surface area contributed by atoms with Crippen LogP contribution < -0.4 is 4.74 Å². The zero-order valence-corrected chi connectivity index (χ0v) is 17.6. The third kappa shape index (κ3) is 3.22. The molecule has 1 saturated heterocycles. The Labute approximate surface area is 171 Å². The first kappa shape index (κ1) is 19.9. The molecule has 2 aromatic carbocycles. The number of sulfone groups is 1. The zero-order chi connectivity index (χ0) is 21.0. The first-order valence-electron chi connectivity index (χ1n) is 9.74. The Balaban J connectivity index is 1.86. The van der Waals surface area contributed by atoms with E-state index in [1.54, 1.807) is 62.1 Å². The molecule has 6 nitrogen and oxygen atoms in total. The van der Waals surface area contributed by atoms with Crippen LogP contribution in [0.15, 0.2) is 52.3 Å². The van der Waals surface area contributed by atoms with Crippen LogP contribution in [0.5, 0.6) is 5.75 Å². The van der Waals surface area contributed by atoms with E-state index in [0.29, 0.717) is 29.8 Å². The van der Waals surface area contributed by atoms with Gasteiger partial charge in [-0.3, -0.25) is 4.79 Å². The average molecular weight is 416 g/mol. The lowest BCUT2D eigenvalue weighted by molar-refractivity contribution is -0.139. The molecule has 2 aliphatic rings. The quantitative estimate of drug-likeness (QED) is 0.833. The molecule has 0 aliphatic carbocycles. The van der Waals surface area contributed by atoms with Gasteiger partial charge in [0.1, 0.15) is 17.5 Å². The number of ether oxygens (including phenoxy) is 1. The van der Waals surface area contributed by atoms with E-state index in [-0.39, 0.29) is 15.7 Å². The van der Waals surface area contributed by atoms with Crippen LogP contribution in [-0.2, 0) is 14.6 Å². The van der Waals surface area contributed by atoms with Crippen molar-refractivity contribution in [3.8, 4) is 5.75 Å². The Hall–Kier alpha value is -2.38. The standard InChI is InChI=1S/C22H25NO5S/c1-14-7-4-5-8-18(14)29(26,27)15-10-11-17-16(13-15)20(21(25)22(2,3)28-17)23-12-6-9-19(23)24/h4-5,7-8,10-11,13,20-21,25H,6,9,12H2,1-3H3. The Morgan fingerprint density at radius 3 is 2.55 bits per heavy atom. The van der Waals surface area contributed by atoms with Gasteiger partial charge < -0.3 is 14.7 Å². The fraction of sp³-hybridized carbons (Fsp3) is 0.409. The maximum Gasteiger partial charge on any atom is 0.223 e. The Morgan fingerprint density at radius 1 is 1.17 bits per heavy atom. The van der Waals surface area contributed by atoms with Gasteiger partial charge in [0.15, 0.2) is 0 Å². The molecule has 0 aromatic heterocycles. The van der Waals surface area contributed by atoms with Gasteiger partial charge in [0, 0.05) is 18.5 Å². The minimum atomic E-state index is -3.75. The van der Waals surface area contributed by atoms with Crippen LogP contribution in [0.2, 0.25) is 0 Å². The van der Waals surface area contributed by atoms with Crippen LogP contribution in [0.4, 0.5) is 0 Å². The Morgan fingerprint density at radius 2 is 1.90 bits per heavy atom. The molecular weight excluding hydrogens is 390 g/mol. The maximum atomic E-state index is 13.3. The van der Waals surface area contributed by atoms with Crippen molar-refractivity contribution in [3.05, 3.63) is 53.6 Å². The van der Waals surface area contributed by atoms with E-state index in [1.165, 1.54) is 6.07 Å². The Bertz CT molecular complexity index is 1080. The normalized spacial score (nSPS) is 23.6. The predicted octanol–water partition coefficient (Wildman–Crippen LogP) is 3.02. The molecule has 0 saturated carbocycles. The maximum absolute atomic E-state index is 13.3. The monoisotopic (exact) mass is 415 g/mol. The number of rotatable bonds is 3. The second-order valence-corrected chi connectivity index (χ2v) is 10.2. The SMILES string of the molecule is Cc1ccccc1S(=O)(=O)c1ccc2c(c1)C(N1CCCC1=O)C(O)C(C)(C)O2. The van der Waals surface area contributed by atoms with E-state index in [1.807, 2.05) is 0 Å². The second-order valence-electron chi connectivity index (χ2n) is 8.25. The summed E-state index contributed by atoms with van der Waals surface area (Å²) in [6, 6.07) is 10.9. The third-order valence-electron chi connectivity index (χ3n) is 5.82. The van der Waals surface area contributed by atoms with Crippen LogP contribution in [0.3, 0.4) is 0 Å². The number of aliphatic hydroxyl groups excluding tert-OH is 1. The number of aliphatic hydroxyl groups is 1. The molecule has 29 heavy (non-hydrogen) atoms. The highest BCUT2D eigenvalue weighted by molar-refractivity contribution is 7.91. The van der Waals surface area contributed by atoms with Crippen LogP contribution in [0.25, 0.3) is 0 Å². The third-order valence-corrected chi connectivity index (χ3v) is 7.74. The molecule has 1 amide bonds. The number of hydrogen-bond donors (Lipinski definition) is 1. The smallest absolute Gasteiger partial charge is 0.223 e. The van der Waals surface area contributed by atoms with E-state index in [0.717, 1.165) is 6.42 Å². The molecule has 0 radical (unpaired) electrons. The van der Waals surface area contributed by atoms with Gasteiger partial charge in [0.05, 0.1) is 15.8 Å². The molecule has 2 unspecified atom stereocenters. The summed E-state index contributed by atoms with van der Waals surface area (Å²) in [5.41, 5.74) is 0.285. The summed E-state index contributed by atoms with van der Waals surface area (Å²) >= 11 is 0.